The standard InChI is InChI=1S/C18H20O10S2.CH4/c1-3-11-6-15(30(25,26)27)8-13(18(11)28-9-16(19)20)5-12-7-14(29(22,23)24)4-10(2)17(12)21;/h4,6-8,21H,3,5,9H2,1-2H3,(H,19,20)(H,22,23,24)(H,25,26,27);1H4. The second-order valence-corrected chi connectivity index (χ2v) is 9.32. The van der Waals surface area contributed by atoms with Crippen LogP contribution >= 0.6 is 0 Å². The molecule has 0 radical (unpaired) electrons. The van der Waals surface area contributed by atoms with Crippen molar-refractivity contribution < 1.29 is 45.7 Å². The van der Waals surface area contributed by atoms with Gasteiger partial charge >= 0.3 is 5.97 Å². The number of hydrogen-bond donors (Lipinski definition) is 4. The van der Waals surface area contributed by atoms with Crippen molar-refractivity contribution in [3.63, 3.8) is 0 Å². The maximum atomic E-state index is 11.6. The summed E-state index contributed by atoms with van der Waals surface area (Å²) in [5.41, 5.74) is 0.515. The zero-order chi connectivity index (χ0) is 22.9. The second-order valence-electron chi connectivity index (χ2n) is 6.48. The molecule has 4 N–H and O–H groups in total. The van der Waals surface area contributed by atoms with Crippen molar-refractivity contribution in [2.24, 2.45) is 0 Å². The fourth-order valence-electron chi connectivity index (χ4n) is 2.89. The van der Waals surface area contributed by atoms with Gasteiger partial charge in [0.2, 0.25) is 0 Å². The molecule has 2 rings (SSSR count). The van der Waals surface area contributed by atoms with Crippen LogP contribution in [0.2, 0.25) is 0 Å². The number of carboxylic acid groups (broad SMARTS) is 1. The highest BCUT2D eigenvalue weighted by atomic mass is 32.2. The normalized spacial score (nSPS) is 11.6. The van der Waals surface area contributed by atoms with Gasteiger partial charge in [-0.25, -0.2) is 4.79 Å². The van der Waals surface area contributed by atoms with Crippen LogP contribution in [0.3, 0.4) is 0 Å². The Labute approximate surface area is 180 Å². The number of benzene rings is 2. The number of hydrogen-bond acceptors (Lipinski definition) is 7. The van der Waals surface area contributed by atoms with E-state index in [-0.39, 0.29) is 54.0 Å². The molecule has 0 unspecified atom stereocenters. The minimum atomic E-state index is -4.62. The van der Waals surface area contributed by atoms with E-state index >= 15 is 0 Å². The molecule has 0 saturated carbocycles. The van der Waals surface area contributed by atoms with Crippen LogP contribution in [0.5, 0.6) is 11.5 Å². The van der Waals surface area contributed by atoms with E-state index in [1.165, 1.54) is 6.92 Å². The van der Waals surface area contributed by atoms with Crippen LogP contribution in [0.25, 0.3) is 0 Å². The molecule has 31 heavy (non-hydrogen) atoms. The largest absolute Gasteiger partial charge is 0.507 e. The minimum absolute atomic E-state index is 0. The van der Waals surface area contributed by atoms with E-state index in [1.54, 1.807) is 6.92 Å². The molecule has 0 aliphatic rings. The van der Waals surface area contributed by atoms with Crippen molar-refractivity contribution >= 4 is 26.2 Å². The highest BCUT2D eigenvalue weighted by molar-refractivity contribution is 7.86. The summed E-state index contributed by atoms with van der Waals surface area (Å²) in [6, 6.07) is 4.24. The molecule has 0 aromatic heterocycles. The summed E-state index contributed by atoms with van der Waals surface area (Å²) in [4.78, 5) is 9.97. The Morgan fingerprint density at radius 1 is 0.935 bits per heavy atom. The number of aromatic hydroxyl groups is 1. The van der Waals surface area contributed by atoms with Crippen LogP contribution in [0, 0.1) is 6.92 Å². The van der Waals surface area contributed by atoms with Crippen LogP contribution in [0.15, 0.2) is 34.1 Å². The molecule has 12 heteroatoms. The molecule has 0 heterocycles. The van der Waals surface area contributed by atoms with Gasteiger partial charge in [0.05, 0.1) is 9.79 Å². The van der Waals surface area contributed by atoms with Crippen molar-refractivity contribution in [1.82, 2.24) is 0 Å². The van der Waals surface area contributed by atoms with Crippen LogP contribution in [0.1, 0.15) is 36.6 Å². The van der Waals surface area contributed by atoms with Crippen molar-refractivity contribution in [1.29, 1.82) is 0 Å². The number of aryl methyl sites for hydroxylation is 2. The third-order valence-electron chi connectivity index (χ3n) is 4.27. The molecule has 0 fully saturated rings. The van der Waals surface area contributed by atoms with Crippen LogP contribution in [-0.2, 0) is 37.9 Å². The number of carboxylic acids is 1. The second kappa shape index (κ2) is 9.64. The van der Waals surface area contributed by atoms with E-state index < -0.39 is 42.6 Å². The van der Waals surface area contributed by atoms with Gasteiger partial charge in [0.1, 0.15) is 11.5 Å². The average molecular weight is 477 g/mol. The summed E-state index contributed by atoms with van der Waals surface area (Å²) in [5, 5.41) is 19.2. The third-order valence-corrected chi connectivity index (χ3v) is 5.93. The zero-order valence-corrected chi connectivity index (χ0v) is 17.6. The Hall–Kier alpha value is -2.67. The van der Waals surface area contributed by atoms with Gasteiger partial charge in [-0.15, -0.1) is 0 Å². The fourth-order valence-corrected chi connectivity index (χ4v) is 4.09. The van der Waals surface area contributed by atoms with Gasteiger partial charge in [0, 0.05) is 17.5 Å². The molecule has 10 nitrogen and oxygen atoms in total. The Morgan fingerprint density at radius 3 is 1.90 bits per heavy atom. The molecule has 172 valence electrons. The summed E-state index contributed by atoms with van der Waals surface area (Å²) in [7, 11) is -9.21. The van der Waals surface area contributed by atoms with Crippen LogP contribution in [0.4, 0.5) is 0 Å². The van der Waals surface area contributed by atoms with E-state index in [0.717, 1.165) is 24.3 Å². The molecule has 0 saturated heterocycles. The molecule has 0 aliphatic carbocycles. The van der Waals surface area contributed by atoms with Gasteiger partial charge in [-0.05, 0) is 48.7 Å². The lowest BCUT2D eigenvalue weighted by molar-refractivity contribution is -0.139. The summed E-state index contributed by atoms with van der Waals surface area (Å²) in [6.07, 6.45) is -0.0529. The quantitative estimate of drug-likeness (QED) is 0.414. The number of ether oxygens (including phenoxy) is 1. The van der Waals surface area contributed by atoms with Gasteiger partial charge in [-0.1, -0.05) is 14.4 Å². The summed E-state index contributed by atoms with van der Waals surface area (Å²) < 4.78 is 70.4. The van der Waals surface area contributed by atoms with Crippen molar-refractivity contribution in [3.8, 4) is 11.5 Å². The fraction of sp³-hybridized carbons (Fsp3) is 0.316. The van der Waals surface area contributed by atoms with E-state index in [4.69, 9.17) is 9.84 Å². The van der Waals surface area contributed by atoms with E-state index in [2.05, 4.69) is 0 Å². The Balaban J connectivity index is 0.00000480. The molecular weight excluding hydrogens is 452 g/mol. The minimum Gasteiger partial charge on any atom is -0.507 e. The molecule has 0 bridgehead atoms. The van der Waals surface area contributed by atoms with E-state index in [1.807, 2.05) is 0 Å². The predicted molar refractivity (Wildman–Crippen MR) is 111 cm³/mol. The molecule has 0 atom stereocenters. The van der Waals surface area contributed by atoms with Crippen molar-refractivity contribution in [2.45, 2.75) is 43.9 Å². The summed E-state index contributed by atoms with van der Waals surface area (Å²) >= 11 is 0. The maximum Gasteiger partial charge on any atom is 0.341 e. The smallest absolute Gasteiger partial charge is 0.341 e. The molecule has 0 spiro atoms. The Kier molecular flexibility index (Phi) is 8.20. The Bertz CT molecular complexity index is 1200. The number of rotatable bonds is 8. The molecule has 2 aromatic carbocycles. The highest BCUT2D eigenvalue weighted by Gasteiger charge is 2.21. The first-order chi connectivity index (χ1) is 13.7. The maximum absolute atomic E-state index is 11.6. The first kappa shape index (κ1) is 26.4. The predicted octanol–water partition coefficient (Wildman–Crippen LogP) is 2.45. The number of carbonyl (C=O) groups is 1. The summed E-state index contributed by atoms with van der Waals surface area (Å²) in [5.74, 6) is -1.56. The SMILES string of the molecule is C.CCc1cc(S(=O)(=O)O)cc(Cc2cc(S(=O)(=O)O)cc(C)c2O)c1OCC(=O)O. The lowest BCUT2D eigenvalue weighted by atomic mass is 9.98. The topological polar surface area (TPSA) is 175 Å². The Morgan fingerprint density at radius 2 is 1.42 bits per heavy atom. The van der Waals surface area contributed by atoms with Gasteiger partial charge in [0.25, 0.3) is 20.2 Å². The zero-order valence-electron chi connectivity index (χ0n) is 16.0. The molecule has 0 amide bonds. The van der Waals surface area contributed by atoms with Crippen LogP contribution in [-0.4, -0.2) is 48.7 Å². The molecule has 2 aromatic rings. The lowest BCUT2D eigenvalue weighted by Crippen LogP contribution is -2.13. The number of phenolic OH excluding ortho intramolecular Hbond substituents is 1. The van der Waals surface area contributed by atoms with Gasteiger partial charge in [-0.3, -0.25) is 9.11 Å². The van der Waals surface area contributed by atoms with Gasteiger partial charge < -0.3 is 14.9 Å². The van der Waals surface area contributed by atoms with Gasteiger partial charge in [-0.2, -0.15) is 16.8 Å². The van der Waals surface area contributed by atoms with E-state index in [9.17, 15) is 35.8 Å². The average Bonchev–Trinajstić information content (AvgIpc) is 2.61. The molecular formula is C19H24O10S2. The molecule has 0 aliphatic heterocycles. The number of aliphatic carboxylic acids is 1. The monoisotopic (exact) mass is 476 g/mol. The first-order valence-electron chi connectivity index (χ1n) is 8.51. The highest BCUT2D eigenvalue weighted by Crippen LogP contribution is 2.34. The van der Waals surface area contributed by atoms with E-state index in [0.29, 0.717) is 0 Å². The summed E-state index contributed by atoms with van der Waals surface area (Å²) in [6.45, 7) is 2.32. The van der Waals surface area contributed by atoms with Crippen LogP contribution < -0.4 is 4.74 Å². The van der Waals surface area contributed by atoms with Crippen molar-refractivity contribution in [2.75, 3.05) is 6.61 Å². The lowest BCUT2D eigenvalue weighted by Gasteiger charge is -2.17. The third kappa shape index (κ3) is 6.40. The van der Waals surface area contributed by atoms with Crippen molar-refractivity contribution in [3.05, 3.63) is 46.5 Å². The first-order valence-corrected chi connectivity index (χ1v) is 11.4. The van der Waals surface area contributed by atoms with Gasteiger partial charge in [0.15, 0.2) is 6.61 Å². The number of phenols is 1.